The summed E-state index contributed by atoms with van der Waals surface area (Å²) in [7, 11) is 1.35. The van der Waals surface area contributed by atoms with Crippen LogP contribution in [0.1, 0.15) is 46.0 Å². The lowest BCUT2D eigenvalue weighted by atomic mass is 9.95. The first-order chi connectivity index (χ1) is 10.0. The molecule has 1 rings (SSSR count). The fourth-order valence-electron chi connectivity index (χ4n) is 2.33. The number of esters is 1. The molecule has 5 nitrogen and oxygen atoms in total. The van der Waals surface area contributed by atoms with Gasteiger partial charge in [0.05, 0.1) is 13.7 Å². The summed E-state index contributed by atoms with van der Waals surface area (Å²) >= 11 is 6.53. The number of rotatable bonds is 4. The molecule has 1 amide bonds. The van der Waals surface area contributed by atoms with Gasteiger partial charge in [0.15, 0.2) is 0 Å². The molecule has 0 aromatic heterocycles. The number of hydrogen-bond donors (Lipinski definition) is 0. The Bertz CT molecular complexity index is 383. The summed E-state index contributed by atoms with van der Waals surface area (Å²) in [6.07, 6.45) is 4.74. The minimum Gasteiger partial charge on any atom is -0.465 e. The summed E-state index contributed by atoms with van der Waals surface area (Å²) in [6, 6.07) is 0.0700. The van der Waals surface area contributed by atoms with E-state index < -0.39 is 11.3 Å². The number of ether oxygens (including phenoxy) is 2. The van der Waals surface area contributed by atoms with Crippen molar-refractivity contribution >= 4 is 40.4 Å². The first-order valence-electron chi connectivity index (χ1n) is 7.25. The third kappa shape index (κ3) is 5.47. The summed E-state index contributed by atoms with van der Waals surface area (Å²) in [5.41, 5.74) is 0. The van der Waals surface area contributed by atoms with Crippen molar-refractivity contribution in [2.24, 2.45) is 0 Å². The van der Waals surface area contributed by atoms with Crippen LogP contribution in [0.5, 0.6) is 0 Å². The fraction of sp³-hybridized carbons (Fsp3) is 0.786. The van der Waals surface area contributed by atoms with E-state index in [-0.39, 0.29) is 12.0 Å². The van der Waals surface area contributed by atoms with Gasteiger partial charge in [0.2, 0.25) is 0 Å². The maximum Gasteiger partial charge on any atom is 0.415 e. The van der Waals surface area contributed by atoms with E-state index in [0.717, 1.165) is 25.7 Å². The quantitative estimate of drug-likeness (QED) is 0.581. The average Bonchev–Trinajstić information content (AvgIpc) is 2.48. The van der Waals surface area contributed by atoms with Crippen LogP contribution in [-0.4, -0.2) is 46.3 Å². The van der Waals surface area contributed by atoms with Gasteiger partial charge in [-0.25, -0.2) is 4.79 Å². The number of methoxy groups -OCH3 is 1. The Hall–Kier alpha value is -0.820. The average molecular weight is 333 g/mol. The summed E-state index contributed by atoms with van der Waals surface area (Å²) < 4.78 is 10.2. The van der Waals surface area contributed by atoms with Crippen LogP contribution in [0, 0.1) is 0 Å². The Morgan fingerprint density at radius 3 is 2.48 bits per heavy atom. The van der Waals surface area contributed by atoms with Crippen molar-refractivity contribution < 1.29 is 19.1 Å². The Balaban J connectivity index is 2.71. The summed E-state index contributed by atoms with van der Waals surface area (Å²) in [5, 5.41) is -0.437. The SMILES string of the molecule is CCOC(=O)C(C)SC(=S)N(C(=O)OC)C1CCCCC1. The Kier molecular flexibility index (Phi) is 8.03. The fourth-order valence-corrected chi connectivity index (χ4v) is 3.79. The van der Waals surface area contributed by atoms with Crippen LogP contribution in [0.2, 0.25) is 0 Å². The predicted octanol–water partition coefficient (Wildman–Crippen LogP) is 3.36. The molecule has 21 heavy (non-hydrogen) atoms. The summed E-state index contributed by atoms with van der Waals surface area (Å²) in [5.74, 6) is -0.321. The molecule has 0 aromatic carbocycles. The van der Waals surface area contributed by atoms with Gasteiger partial charge in [-0.2, -0.15) is 0 Å². The Morgan fingerprint density at radius 1 is 1.33 bits per heavy atom. The van der Waals surface area contributed by atoms with Crippen LogP contribution >= 0.6 is 24.0 Å². The topological polar surface area (TPSA) is 55.8 Å². The number of carbonyl (C=O) groups is 2. The van der Waals surface area contributed by atoms with Crippen molar-refractivity contribution in [2.45, 2.75) is 57.2 Å². The van der Waals surface area contributed by atoms with Crippen molar-refractivity contribution in [3.8, 4) is 0 Å². The van der Waals surface area contributed by atoms with Gasteiger partial charge in [-0.1, -0.05) is 43.2 Å². The van der Waals surface area contributed by atoms with E-state index in [4.69, 9.17) is 21.7 Å². The van der Waals surface area contributed by atoms with Crippen LogP contribution < -0.4 is 0 Å². The van der Waals surface area contributed by atoms with Crippen molar-refractivity contribution in [2.75, 3.05) is 13.7 Å². The van der Waals surface area contributed by atoms with E-state index in [9.17, 15) is 9.59 Å². The molecule has 0 aromatic rings. The van der Waals surface area contributed by atoms with Crippen molar-refractivity contribution in [1.82, 2.24) is 4.90 Å². The molecule has 0 aliphatic heterocycles. The minimum atomic E-state index is -0.449. The Labute approximate surface area is 135 Å². The summed E-state index contributed by atoms with van der Waals surface area (Å²) in [6.45, 7) is 3.82. The maximum absolute atomic E-state index is 12.0. The van der Waals surface area contributed by atoms with Crippen LogP contribution in [0.4, 0.5) is 4.79 Å². The zero-order valence-corrected chi connectivity index (χ0v) is 14.4. The monoisotopic (exact) mass is 333 g/mol. The van der Waals surface area contributed by atoms with Crippen molar-refractivity contribution in [3.05, 3.63) is 0 Å². The van der Waals surface area contributed by atoms with E-state index >= 15 is 0 Å². The third-order valence-electron chi connectivity index (χ3n) is 3.40. The maximum atomic E-state index is 12.0. The van der Waals surface area contributed by atoms with Crippen LogP contribution in [0.15, 0.2) is 0 Å². The third-order valence-corrected chi connectivity index (χ3v) is 4.83. The molecular formula is C14H23NO4S2. The van der Waals surface area contributed by atoms with Gasteiger partial charge in [0.25, 0.3) is 0 Å². The highest BCUT2D eigenvalue weighted by Crippen LogP contribution is 2.27. The first-order valence-corrected chi connectivity index (χ1v) is 8.54. The number of nitrogens with zero attached hydrogens (tertiary/aromatic N) is 1. The zero-order chi connectivity index (χ0) is 15.8. The Morgan fingerprint density at radius 2 is 1.95 bits per heavy atom. The minimum absolute atomic E-state index is 0.0700. The van der Waals surface area contributed by atoms with Crippen molar-refractivity contribution in [1.29, 1.82) is 0 Å². The van der Waals surface area contributed by atoms with Gasteiger partial charge in [-0.05, 0) is 26.7 Å². The molecule has 1 unspecified atom stereocenters. The van der Waals surface area contributed by atoms with Crippen LogP contribution in [0.25, 0.3) is 0 Å². The lowest BCUT2D eigenvalue weighted by Crippen LogP contribution is -2.44. The molecule has 1 aliphatic carbocycles. The van der Waals surface area contributed by atoms with Gasteiger partial charge in [0.1, 0.15) is 9.57 Å². The van der Waals surface area contributed by atoms with E-state index in [1.165, 1.54) is 30.2 Å². The second-order valence-electron chi connectivity index (χ2n) is 4.91. The largest absolute Gasteiger partial charge is 0.465 e. The second-order valence-corrected chi connectivity index (χ2v) is 6.88. The lowest BCUT2D eigenvalue weighted by Gasteiger charge is -2.33. The molecule has 0 heterocycles. The van der Waals surface area contributed by atoms with E-state index in [1.807, 2.05) is 0 Å². The molecule has 0 spiro atoms. The van der Waals surface area contributed by atoms with E-state index in [0.29, 0.717) is 10.9 Å². The molecule has 0 N–H and O–H groups in total. The normalized spacial score (nSPS) is 16.9. The van der Waals surface area contributed by atoms with Gasteiger partial charge in [-0.15, -0.1) is 0 Å². The molecular weight excluding hydrogens is 310 g/mol. The zero-order valence-electron chi connectivity index (χ0n) is 12.8. The molecule has 0 saturated heterocycles. The lowest BCUT2D eigenvalue weighted by molar-refractivity contribution is -0.142. The standard InChI is InChI=1S/C14H23NO4S2/c1-4-19-12(16)10(2)21-14(20)15(13(17)18-3)11-8-6-5-7-9-11/h10-11H,4-9H2,1-3H3. The first kappa shape index (κ1) is 18.2. The van der Waals surface area contributed by atoms with Gasteiger partial charge in [-0.3, -0.25) is 9.69 Å². The number of hydrogen-bond acceptors (Lipinski definition) is 6. The molecule has 120 valence electrons. The highest BCUT2D eigenvalue weighted by Gasteiger charge is 2.31. The van der Waals surface area contributed by atoms with Crippen molar-refractivity contribution in [3.63, 3.8) is 0 Å². The smallest absolute Gasteiger partial charge is 0.415 e. The summed E-state index contributed by atoms with van der Waals surface area (Å²) in [4.78, 5) is 25.2. The van der Waals surface area contributed by atoms with Crippen LogP contribution in [0.3, 0.4) is 0 Å². The predicted molar refractivity (Wildman–Crippen MR) is 87.4 cm³/mol. The molecule has 1 atom stereocenters. The molecule has 0 radical (unpaired) electrons. The highest BCUT2D eigenvalue weighted by molar-refractivity contribution is 8.23. The number of thioether (sulfide) groups is 1. The van der Waals surface area contributed by atoms with Gasteiger partial charge >= 0.3 is 12.1 Å². The number of amides is 1. The van der Waals surface area contributed by atoms with E-state index in [1.54, 1.807) is 13.8 Å². The highest BCUT2D eigenvalue weighted by atomic mass is 32.2. The second kappa shape index (κ2) is 9.25. The number of carbonyl (C=O) groups excluding carboxylic acids is 2. The van der Waals surface area contributed by atoms with E-state index in [2.05, 4.69) is 0 Å². The van der Waals surface area contributed by atoms with Gasteiger partial charge < -0.3 is 9.47 Å². The molecule has 1 saturated carbocycles. The molecule has 0 bridgehead atoms. The van der Waals surface area contributed by atoms with Crippen LogP contribution in [-0.2, 0) is 14.3 Å². The van der Waals surface area contributed by atoms with Gasteiger partial charge in [0, 0.05) is 6.04 Å². The molecule has 7 heteroatoms. The molecule has 1 fully saturated rings. The number of thiocarbonyl (C=S) groups is 1. The molecule has 1 aliphatic rings.